The number of halogens is 1. The van der Waals surface area contributed by atoms with E-state index in [1.807, 2.05) is 48.5 Å². The molecule has 0 saturated heterocycles. The molecule has 0 spiro atoms. The van der Waals surface area contributed by atoms with Crippen LogP contribution in [0.5, 0.6) is 0 Å². The Morgan fingerprint density at radius 3 is 2.52 bits per heavy atom. The van der Waals surface area contributed by atoms with Crippen molar-refractivity contribution in [1.29, 1.82) is 0 Å². The zero-order chi connectivity index (χ0) is 17.6. The van der Waals surface area contributed by atoms with E-state index in [2.05, 4.69) is 21.9 Å². The summed E-state index contributed by atoms with van der Waals surface area (Å²) in [6.07, 6.45) is 1.58. The van der Waals surface area contributed by atoms with Crippen molar-refractivity contribution in [3.8, 4) is 0 Å². The van der Waals surface area contributed by atoms with Gasteiger partial charge in [-0.2, -0.15) is 5.10 Å². The average molecular weight is 352 g/mol. The summed E-state index contributed by atoms with van der Waals surface area (Å²) in [6, 6.07) is 20.9. The lowest BCUT2D eigenvalue weighted by atomic mass is 10.1. The fraction of sp³-hybridized carbons (Fsp3) is 0.100. The van der Waals surface area contributed by atoms with Crippen LogP contribution in [0.3, 0.4) is 0 Å². The molecule has 0 fully saturated rings. The number of hydrogen-bond acceptors (Lipinski definition) is 3. The molecule has 0 aliphatic heterocycles. The van der Waals surface area contributed by atoms with Crippen LogP contribution in [-0.4, -0.2) is 18.2 Å². The van der Waals surface area contributed by atoms with Gasteiger partial charge in [0.2, 0.25) is 0 Å². The van der Waals surface area contributed by atoms with Crippen molar-refractivity contribution in [2.24, 2.45) is 5.10 Å². The predicted octanol–water partition coefficient (Wildman–Crippen LogP) is 4.44. The van der Waals surface area contributed by atoms with Crippen molar-refractivity contribution >= 4 is 40.2 Å². The van der Waals surface area contributed by atoms with Gasteiger partial charge in [0.05, 0.1) is 6.21 Å². The molecule has 25 heavy (non-hydrogen) atoms. The van der Waals surface area contributed by atoms with Gasteiger partial charge in [0.25, 0.3) is 5.91 Å². The summed E-state index contributed by atoms with van der Waals surface area (Å²) in [5.74, 6) is -0.210. The highest BCUT2D eigenvalue weighted by atomic mass is 35.5. The van der Waals surface area contributed by atoms with Crippen molar-refractivity contribution in [2.75, 3.05) is 5.32 Å². The number of nitrogens with one attached hydrogen (secondary N) is 2. The van der Waals surface area contributed by atoms with E-state index in [0.717, 1.165) is 22.0 Å². The molecule has 0 heterocycles. The van der Waals surface area contributed by atoms with Gasteiger partial charge in [-0.25, -0.2) is 5.43 Å². The highest BCUT2D eigenvalue weighted by Crippen LogP contribution is 2.19. The number of carbonyl (C=O) groups excluding carboxylic acids is 1. The Bertz CT molecular complexity index is 906. The van der Waals surface area contributed by atoms with Crippen LogP contribution in [-0.2, 0) is 4.79 Å². The molecule has 0 radical (unpaired) electrons. The van der Waals surface area contributed by atoms with Crippen LogP contribution in [0.4, 0.5) is 5.69 Å². The maximum Gasteiger partial charge on any atom is 0.262 e. The van der Waals surface area contributed by atoms with E-state index >= 15 is 0 Å². The molecule has 3 rings (SSSR count). The molecular weight excluding hydrogens is 334 g/mol. The molecule has 3 aromatic rings. The van der Waals surface area contributed by atoms with Gasteiger partial charge >= 0.3 is 0 Å². The predicted molar refractivity (Wildman–Crippen MR) is 104 cm³/mol. The first-order valence-corrected chi connectivity index (χ1v) is 8.33. The van der Waals surface area contributed by atoms with E-state index in [1.54, 1.807) is 25.3 Å². The zero-order valence-electron chi connectivity index (χ0n) is 13.7. The monoisotopic (exact) mass is 351 g/mol. The maximum absolute atomic E-state index is 12.1. The molecule has 2 N–H and O–H groups in total. The lowest BCUT2D eigenvalue weighted by Gasteiger charge is -2.14. The molecule has 0 unspecified atom stereocenters. The number of amides is 1. The standard InChI is InChI=1S/C20H18ClN3O/c1-14(20(25)24-22-13-15-6-9-18(21)10-7-15)23-19-11-8-16-4-2-3-5-17(16)12-19/h2-14,23H,1H3,(H,24,25)/t14-/m1/s1. The second-order valence-electron chi connectivity index (χ2n) is 5.71. The molecule has 1 atom stereocenters. The Morgan fingerprint density at radius 1 is 1.04 bits per heavy atom. The highest BCUT2D eigenvalue weighted by molar-refractivity contribution is 6.30. The summed E-state index contributed by atoms with van der Waals surface area (Å²) >= 11 is 5.83. The van der Waals surface area contributed by atoms with Crippen LogP contribution >= 0.6 is 11.6 Å². The van der Waals surface area contributed by atoms with Gasteiger partial charge in [-0.05, 0) is 47.5 Å². The third-order valence-electron chi connectivity index (χ3n) is 3.78. The molecule has 1 amide bonds. The Kier molecular flexibility index (Phi) is 5.31. The fourth-order valence-corrected chi connectivity index (χ4v) is 2.54. The number of rotatable bonds is 5. The van der Waals surface area contributed by atoms with Gasteiger partial charge in [-0.15, -0.1) is 0 Å². The smallest absolute Gasteiger partial charge is 0.262 e. The minimum absolute atomic E-state index is 0.210. The molecule has 0 aromatic heterocycles. The number of benzene rings is 3. The molecule has 5 heteroatoms. The van der Waals surface area contributed by atoms with Gasteiger partial charge in [-0.1, -0.05) is 54.1 Å². The molecular formula is C20H18ClN3O. The fourth-order valence-electron chi connectivity index (χ4n) is 2.41. The first-order chi connectivity index (χ1) is 12.1. The number of carbonyl (C=O) groups is 1. The van der Waals surface area contributed by atoms with Crippen molar-refractivity contribution < 1.29 is 4.79 Å². The third kappa shape index (κ3) is 4.58. The van der Waals surface area contributed by atoms with E-state index in [-0.39, 0.29) is 5.91 Å². The topological polar surface area (TPSA) is 53.5 Å². The second kappa shape index (κ2) is 7.81. The minimum atomic E-state index is -0.413. The van der Waals surface area contributed by atoms with Crippen molar-refractivity contribution in [3.05, 3.63) is 77.3 Å². The SMILES string of the molecule is C[C@@H](Nc1ccc2ccccc2c1)C(=O)NN=Cc1ccc(Cl)cc1. The third-order valence-corrected chi connectivity index (χ3v) is 4.04. The minimum Gasteiger partial charge on any atom is -0.374 e. The quantitative estimate of drug-likeness (QED) is 0.527. The summed E-state index contributed by atoms with van der Waals surface area (Å²) in [5.41, 5.74) is 4.29. The van der Waals surface area contributed by atoms with Crippen LogP contribution in [0.2, 0.25) is 5.02 Å². The van der Waals surface area contributed by atoms with E-state index in [4.69, 9.17) is 11.6 Å². The van der Waals surface area contributed by atoms with Crippen molar-refractivity contribution in [2.45, 2.75) is 13.0 Å². The second-order valence-corrected chi connectivity index (χ2v) is 6.15. The van der Waals surface area contributed by atoms with Gasteiger partial charge in [0, 0.05) is 10.7 Å². The van der Waals surface area contributed by atoms with Crippen LogP contribution in [0.1, 0.15) is 12.5 Å². The van der Waals surface area contributed by atoms with Crippen molar-refractivity contribution in [1.82, 2.24) is 5.43 Å². The van der Waals surface area contributed by atoms with E-state index in [1.165, 1.54) is 0 Å². The largest absolute Gasteiger partial charge is 0.374 e. The highest BCUT2D eigenvalue weighted by Gasteiger charge is 2.11. The Balaban J connectivity index is 1.58. The van der Waals surface area contributed by atoms with Gasteiger partial charge in [-0.3, -0.25) is 4.79 Å². The lowest BCUT2D eigenvalue weighted by molar-refractivity contribution is -0.121. The van der Waals surface area contributed by atoms with Gasteiger partial charge < -0.3 is 5.32 Å². The molecule has 126 valence electrons. The maximum atomic E-state index is 12.1. The van der Waals surface area contributed by atoms with Gasteiger partial charge in [0.15, 0.2) is 0 Å². The van der Waals surface area contributed by atoms with Gasteiger partial charge in [0.1, 0.15) is 6.04 Å². The Hall–Kier alpha value is -2.85. The summed E-state index contributed by atoms with van der Waals surface area (Å²) in [6.45, 7) is 1.79. The number of fused-ring (bicyclic) bond motifs is 1. The number of hydrogen-bond donors (Lipinski definition) is 2. The number of hydrazone groups is 1. The van der Waals surface area contributed by atoms with Crippen LogP contribution in [0.25, 0.3) is 10.8 Å². The summed E-state index contributed by atoms with van der Waals surface area (Å²) in [5, 5.41) is 10.1. The normalized spacial score (nSPS) is 12.2. The molecule has 0 aliphatic carbocycles. The lowest BCUT2D eigenvalue weighted by Crippen LogP contribution is -2.34. The van der Waals surface area contributed by atoms with E-state index in [9.17, 15) is 4.79 Å². The Morgan fingerprint density at radius 2 is 1.76 bits per heavy atom. The summed E-state index contributed by atoms with van der Waals surface area (Å²) in [7, 11) is 0. The number of nitrogens with zero attached hydrogens (tertiary/aromatic N) is 1. The average Bonchev–Trinajstić information content (AvgIpc) is 2.63. The molecule has 0 aliphatic rings. The molecule has 4 nitrogen and oxygen atoms in total. The van der Waals surface area contributed by atoms with E-state index < -0.39 is 6.04 Å². The summed E-state index contributed by atoms with van der Waals surface area (Å²) < 4.78 is 0. The molecule has 3 aromatic carbocycles. The first-order valence-electron chi connectivity index (χ1n) is 7.96. The molecule has 0 bridgehead atoms. The van der Waals surface area contributed by atoms with E-state index in [0.29, 0.717) is 5.02 Å². The summed E-state index contributed by atoms with van der Waals surface area (Å²) in [4.78, 5) is 12.1. The van der Waals surface area contributed by atoms with Crippen LogP contribution in [0.15, 0.2) is 71.8 Å². The Labute approximate surface area is 151 Å². The zero-order valence-corrected chi connectivity index (χ0v) is 14.5. The number of anilines is 1. The molecule has 0 saturated carbocycles. The van der Waals surface area contributed by atoms with Crippen LogP contribution < -0.4 is 10.7 Å². The first kappa shape index (κ1) is 17.0. The van der Waals surface area contributed by atoms with Crippen LogP contribution in [0, 0.1) is 0 Å². The van der Waals surface area contributed by atoms with Crippen molar-refractivity contribution in [3.63, 3.8) is 0 Å².